The van der Waals surface area contributed by atoms with Crippen molar-refractivity contribution in [1.29, 1.82) is 0 Å². The lowest BCUT2D eigenvalue weighted by atomic mass is 9.90. The first-order chi connectivity index (χ1) is 23.8. The lowest BCUT2D eigenvalue weighted by Crippen LogP contribution is -2.24. The highest BCUT2D eigenvalue weighted by Gasteiger charge is 2.30. The van der Waals surface area contributed by atoms with Gasteiger partial charge in [-0.25, -0.2) is 9.97 Å². The van der Waals surface area contributed by atoms with Crippen molar-refractivity contribution in [2.24, 2.45) is 0 Å². The van der Waals surface area contributed by atoms with Crippen LogP contribution in [0.15, 0.2) is 146 Å². The van der Waals surface area contributed by atoms with Crippen LogP contribution in [0.3, 0.4) is 0 Å². The fraction of sp³-hybridized carbons (Fsp3) is 0.0233. The van der Waals surface area contributed by atoms with E-state index in [1.54, 1.807) is 0 Å². The second-order valence-electron chi connectivity index (χ2n) is 12.6. The predicted octanol–water partition coefficient (Wildman–Crippen LogP) is 11.0. The second kappa shape index (κ2) is 9.53. The van der Waals surface area contributed by atoms with E-state index in [-0.39, 0.29) is 0 Å². The zero-order valence-electron chi connectivity index (χ0n) is 25.8. The molecule has 5 heteroatoms. The fourth-order valence-corrected chi connectivity index (χ4v) is 7.98. The topological polar surface area (TPSA) is 43.2 Å². The summed E-state index contributed by atoms with van der Waals surface area (Å²) in [5.41, 5.74) is 11.1. The summed E-state index contributed by atoms with van der Waals surface area (Å²) in [6, 6.07) is 51.5. The van der Waals surface area contributed by atoms with Gasteiger partial charge in [0.15, 0.2) is 0 Å². The van der Waals surface area contributed by atoms with Gasteiger partial charge in [0.25, 0.3) is 0 Å². The third kappa shape index (κ3) is 3.45. The van der Waals surface area contributed by atoms with Crippen molar-refractivity contribution in [3.8, 4) is 39.6 Å². The summed E-state index contributed by atoms with van der Waals surface area (Å²) >= 11 is 0. The summed E-state index contributed by atoms with van der Waals surface area (Å²) in [6.07, 6.45) is 0. The molecule has 11 rings (SSSR count). The van der Waals surface area contributed by atoms with Gasteiger partial charge in [-0.15, -0.1) is 0 Å². The van der Waals surface area contributed by atoms with Crippen molar-refractivity contribution < 1.29 is 4.74 Å². The first kappa shape index (κ1) is 25.7. The zero-order valence-corrected chi connectivity index (χ0v) is 25.8. The van der Waals surface area contributed by atoms with Gasteiger partial charge in [-0.05, 0) is 65.0 Å². The molecule has 0 saturated carbocycles. The Hall–Kier alpha value is -6.46. The van der Waals surface area contributed by atoms with Crippen LogP contribution in [0.5, 0.6) is 11.5 Å². The normalized spacial score (nSPS) is 13.0. The largest absolute Gasteiger partial charge is 0.456 e. The molecule has 0 aliphatic carbocycles. The molecule has 0 atom stereocenters. The molecule has 9 aromatic rings. The Morgan fingerprint density at radius 2 is 1.23 bits per heavy atom. The predicted molar refractivity (Wildman–Crippen MR) is 195 cm³/mol. The molecule has 5 nitrogen and oxygen atoms in total. The third-order valence-corrected chi connectivity index (χ3v) is 10.0. The van der Waals surface area contributed by atoms with E-state index in [0.717, 1.165) is 39.3 Å². The van der Waals surface area contributed by atoms with Gasteiger partial charge >= 0.3 is 0 Å². The Labute approximate surface area is 275 Å². The summed E-state index contributed by atoms with van der Waals surface area (Å²) in [5, 5.41) is 5.91. The van der Waals surface area contributed by atoms with Gasteiger partial charge in [0.2, 0.25) is 5.95 Å². The minimum Gasteiger partial charge on any atom is -0.456 e. The number of ether oxygens (including phenoxy) is 1. The molecule has 48 heavy (non-hydrogen) atoms. The van der Waals surface area contributed by atoms with Crippen LogP contribution < -0.4 is 9.64 Å². The Morgan fingerprint density at radius 1 is 0.500 bits per heavy atom. The maximum atomic E-state index is 6.30. The molecular formula is C43H26N4O. The standard InChI is InChI=1S/C43H26N4O/c1-2-13-27-26(11-1)12-9-20-35(27)47-36-19-7-4-15-30(36)40-32-25-46(34-18-6-3-14-29(34)28(32)23-24-37(40)47)43-44-33-17-10-22-39-41(33)42(45-43)31-16-5-8-21-38(31)48-39/h1-24H,25H2. The average molecular weight is 615 g/mol. The van der Waals surface area contributed by atoms with Crippen molar-refractivity contribution >= 4 is 55.1 Å². The van der Waals surface area contributed by atoms with Crippen molar-refractivity contribution in [3.05, 3.63) is 151 Å². The number of rotatable bonds is 2. The summed E-state index contributed by atoms with van der Waals surface area (Å²) < 4.78 is 8.73. The van der Waals surface area contributed by atoms with Crippen molar-refractivity contribution in [2.75, 3.05) is 4.90 Å². The SMILES string of the molecule is c1ccc2c(c1)Oc1cccc3nc(N4Cc5c(ccc6c5c5ccccc5n6-c5cccc6ccccc56)-c5ccccc54)nc-2c13. The monoisotopic (exact) mass is 614 g/mol. The maximum Gasteiger partial charge on any atom is 0.231 e. The number of aromatic nitrogens is 3. The van der Waals surface area contributed by atoms with Crippen LogP contribution in [0.4, 0.5) is 11.6 Å². The minimum absolute atomic E-state index is 0.635. The summed E-state index contributed by atoms with van der Waals surface area (Å²) in [5.74, 6) is 2.29. The average Bonchev–Trinajstić information content (AvgIpc) is 3.49. The van der Waals surface area contributed by atoms with E-state index in [1.165, 1.54) is 55.0 Å². The van der Waals surface area contributed by atoms with Gasteiger partial charge in [-0.2, -0.15) is 0 Å². The van der Waals surface area contributed by atoms with Crippen molar-refractivity contribution in [2.45, 2.75) is 6.54 Å². The number of para-hydroxylation sites is 3. The Morgan fingerprint density at radius 3 is 2.19 bits per heavy atom. The zero-order chi connectivity index (χ0) is 31.3. The molecular weight excluding hydrogens is 589 g/mol. The number of hydrogen-bond acceptors (Lipinski definition) is 4. The van der Waals surface area contributed by atoms with Crippen molar-refractivity contribution in [1.82, 2.24) is 14.5 Å². The number of fused-ring (bicyclic) bond motifs is 10. The molecule has 0 spiro atoms. The number of anilines is 2. The van der Waals surface area contributed by atoms with Crippen LogP contribution in [0.1, 0.15) is 5.56 Å². The first-order valence-corrected chi connectivity index (χ1v) is 16.3. The number of nitrogens with zero attached hydrogens (tertiary/aromatic N) is 4. The van der Waals surface area contributed by atoms with Crippen molar-refractivity contribution in [3.63, 3.8) is 0 Å². The van der Waals surface area contributed by atoms with E-state index < -0.39 is 0 Å². The van der Waals surface area contributed by atoms with Gasteiger partial charge in [-0.1, -0.05) is 97.1 Å². The quantitative estimate of drug-likeness (QED) is 0.194. The molecule has 2 aliphatic heterocycles. The lowest BCUT2D eigenvalue weighted by Gasteiger charge is -2.32. The van der Waals surface area contributed by atoms with E-state index >= 15 is 0 Å². The number of hydrogen-bond donors (Lipinski definition) is 0. The molecule has 0 N–H and O–H groups in total. The van der Waals surface area contributed by atoms with Crippen LogP contribution in [0.25, 0.3) is 71.6 Å². The summed E-state index contributed by atoms with van der Waals surface area (Å²) in [4.78, 5) is 12.8. The molecule has 7 aromatic carbocycles. The van der Waals surface area contributed by atoms with E-state index in [4.69, 9.17) is 14.7 Å². The van der Waals surface area contributed by atoms with Gasteiger partial charge in [0.1, 0.15) is 11.5 Å². The second-order valence-corrected chi connectivity index (χ2v) is 12.6. The third-order valence-electron chi connectivity index (χ3n) is 10.0. The van der Waals surface area contributed by atoms with E-state index in [0.29, 0.717) is 12.5 Å². The molecule has 224 valence electrons. The molecule has 0 unspecified atom stereocenters. The van der Waals surface area contributed by atoms with E-state index in [1.807, 2.05) is 30.3 Å². The lowest BCUT2D eigenvalue weighted by molar-refractivity contribution is 0.486. The first-order valence-electron chi connectivity index (χ1n) is 16.3. The van der Waals surface area contributed by atoms with Gasteiger partial charge in [0, 0.05) is 27.3 Å². The molecule has 4 heterocycles. The highest BCUT2D eigenvalue weighted by atomic mass is 16.5. The summed E-state index contributed by atoms with van der Waals surface area (Å²) in [7, 11) is 0. The molecule has 0 amide bonds. The Kier molecular flexibility index (Phi) is 5.10. The maximum absolute atomic E-state index is 6.30. The molecule has 0 saturated heterocycles. The van der Waals surface area contributed by atoms with Gasteiger partial charge in [-0.3, -0.25) is 0 Å². The molecule has 0 radical (unpaired) electrons. The smallest absolute Gasteiger partial charge is 0.231 e. The fourth-order valence-electron chi connectivity index (χ4n) is 7.98. The van der Waals surface area contributed by atoms with Gasteiger partial charge in [0.05, 0.1) is 45.5 Å². The molecule has 2 aliphatic rings. The molecule has 0 bridgehead atoms. The Balaban J connectivity index is 1.19. The van der Waals surface area contributed by atoms with Crippen LogP contribution in [0.2, 0.25) is 0 Å². The van der Waals surface area contributed by atoms with E-state index in [9.17, 15) is 0 Å². The summed E-state index contributed by atoms with van der Waals surface area (Å²) in [6.45, 7) is 0.635. The molecule has 2 aromatic heterocycles. The number of benzene rings is 7. The highest BCUT2D eigenvalue weighted by Crippen LogP contribution is 2.49. The highest BCUT2D eigenvalue weighted by molar-refractivity contribution is 6.14. The minimum atomic E-state index is 0.635. The van der Waals surface area contributed by atoms with Crippen LogP contribution in [-0.4, -0.2) is 14.5 Å². The van der Waals surface area contributed by atoms with Crippen LogP contribution in [0, 0.1) is 0 Å². The van der Waals surface area contributed by atoms with E-state index in [2.05, 4.69) is 125 Å². The molecule has 0 fully saturated rings. The Bertz CT molecular complexity index is 2810. The van der Waals surface area contributed by atoms with Crippen LogP contribution >= 0.6 is 0 Å². The van der Waals surface area contributed by atoms with Crippen LogP contribution in [-0.2, 0) is 6.54 Å². The van der Waals surface area contributed by atoms with Gasteiger partial charge < -0.3 is 14.2 Å².